The third-order valence-corrected chi connectivity index (χ3v) is 4.69. The van der Waals surface area contributed by atoms with Crippen LogP contribution in [0.15, 0.2) is 48.5 Å². The van der Waals surface area contributed by atoms with E-state index in [4.69, 9.17) is 4.74 Å². The van der Waals surface area contributed by atoms with Crippen molar-refractivity contribution in [1.82, 2.24) is 9.88 Å². The third kappa shape index (κ3) is 3.65. The van der Waals surface area contributed by atoms with Crippen molar-refractivity contribution in [3.8, 4) is 5.75 Å². The average Bonchev–Trinajstić information content (AvgIpc) is 3.02. The van der Waals surface area contributed by atoms with E-state index in [1.807, 2.05) is 48.5 Å². The van der Waals surface area contributed by atoms with Crippen molar-refractivity contribution in [3.05, 3.63) is 53.5 Å². The van der Waals surface area contributed by atoms with Crippen LogP contribution in [0.25, 0.3) is 10.2 Å². The second-order valence-corrected chi connectivity index (χ2v) is 6.49. The van der Waals surface area contributed by atoms with E-state index in [1.54, 1.807) is 30.4 Å². The molecule has 5 nitrogen and oxygen atoms in total. The molecule has 0 aliphatic rings. The number of rotatable bonds is 6. The molecule has 0 saturated carbocycles. The maximum Gasteiger partial charge on any atom is 0.241 e. The molecule has 0 fully saturated rings. The van der Waals surface area contributed by atoms with Gasteiger partial charge in [-0.3, -0.25) is 4.79 Å². The van der Waals surface area contributed by atoms with Crippen molar-refractivity contribution in [2.75, 3.05) is 26.0 Å². The molecule has 3 aromatic rings. The molecule has 0 atom stereocenters. The molecular formula is C18H19N3O2S. The molecular weight excluding hydrogens is 322 g/mol. The number of aromatic nitrogens is 1. The molecule has 0 unspecified atom stereocenters. The summed E-state index contributed by atoms with van der Waals surface area (Å²) < 4.78 is 6.41. The van der Waals surface area contributed by atoms with Crippen molar-refractivity contribution < 1.29 is 9.53 Å². The van der Waals surface area contributed by atoms with Gasteiger partial charge in [-0.25, -0.2) is 4.98 Å². The van der Waals surface area contributed by atoms with Gasteiger partial charge in [0.25, 0.3) is 0 Å². The van der Waals surface area contributed by atoms with E-state index in [1.165, 1.54) is 0 Å². The minimum atomic E-state index is 0.000150. The van der Waals surface area contributed by atoms with Gasteiger partial charge in [-0.1, -0.05) is 24.3 Å². The number of ether oxygens (including phenoxy) is 1. The number of nitrogens with zero attached hydrogens (tertiary/aromatic N) is 2. The molecule has 0 aliphatic heterocycles. The number of nitrogens with one attached hydrogen (secondary N) is 1. The van der Waals surface area contributed by atoms with E-state index < -0.39 is 0 Å². The summed E-state index contributed by atoms with van der Waals surface area (Å²) in [5, 5.41) is 4.06. The van der Waals surface area contributed by atoms with Gasteiger partial charge >= 0.3 is 0 Å². The van der Waals surface area contributed by atoms with Crippen LogP contribution in [0.1, 0.15) is 5.01 Å². The number of para-hydroxylation sites is 3. The van der Waals surface area contributed by atoms with E-state index in [2.05, 4.69) is 10.3 Å². The van der Waals surface area contributed by atoms with E-state index in [-0.39, 0.29) is 12.5 Å². The van der Waals surface area contributed by atoms with E-state index in [0.717, 1.165) is 26.7 Å². The summed E-state index contributed by atoms with van der Waals surface area (Å²) in [4.78, 5) is 18.6. The van der Waals surface area contributed by atoms with Crippen LogP contribution in [0.4, 0.5) is 5.69 Å². The fourth-order valence-corrected chi connectivity index (χ4v) is 3.40. The molecule has 3 rings (SSSR count). The number of methoxy groups -OCH3 is 1. The van der Waals surface area contributed by atoms with Crippen molar-refractivity contribution in [3.63, 3.8) is 0 Å². The lowest BCUT2D eigenvalue weighted by Gasteiger charge is -2.17. The fraction of sp³-hybridized carbons (Fsp3) is 0.222. The Hall–Kier alpha value is -2.60. The van der Waals surface area contributed by atoms with Crippen LogP contribution in [0.3, 0.4) is 0 Å². The molecule has 6 heteroatoms. The summed E-state index contributed by atoms with van der Waals surface area (Å²) in [6.07, 6.45) is 0. The van der Waals surface area contributed by atoms with Crippen molar-refractivity contribution in [2.45, 2.75) is 6.54 Å². The predicted molar refractivity (Wildman–Crippen MR) is 97.6 cm³/mol. The molecule has 1 aromatic heterocycles. The summed E-state index contributed by atoms with van der Waals surface area (Å²) in [7, 11) is 3.40. The van der Waals surface area contributed by atoms with Crippen molar-refractivity contribution in [2.24, 2.45) is 0 Å². The third-order valence-electron chi connectivity index (χ3n) is 3.67. The number of anilines is 1. The Bertz CT molecular complexity index is 814. The van der Waals surface area contributed by atoms with Crippen LogP contribution in [0.2, 0.25) is 0 Å². The maximum absolute atomic E-state index is 12.3. The highest BCUT2D eigenvalue weighted by Crippen LogP contribution is 2.24. The number of benzene rings is 2. The predicted octanol–water partition coefficient (Wildman–Crippen LogP) is 3.38. The highest BCUT2D eigenvalue weighted by atomic mass is 32.1. The molecule has 1 amide bonds. The monoisotopic (exact) mass is 341 g/mol. The number of carbonyl (C=O) groups is 1. The van der Waals surface area contributed by atoms with Crippen LogP contribution in [-0.4, -0.2) is 36.5 Å². The van der Waals surface area contributed by atoms with E-state index in [0.29, 0.717) is 6.54 Å². The minimum absolute atomic E-state index is 0.000150. The Balaban J connectivity index is 1.60. The molecule has 124 valence electrons. The molecule has 24 heavy (non-hydrogen) atoms. The van der Waals surface area contributed by atoms with Gasteiger partial charge in [0, 0.05) is 7.05 Å². The van der Waals surface area contributed by atoms with Gasteiger partial charge in [0.1, 0.15) is 10.8 Å². The fourth-order valence-electron chi connectivity index (χ4n) is 2.38. The number of fused-ring (bicyclic) bond motifs is 1. The summed E-state index contributed by atoms with van der Waals surface area (Å²) in [6, 6.07) is 15.5. The molecule has 0 radical (unpaired) electrons. The Morgan fingerprint density at radius 2 is 1.96 bits per heavy atom. The second kappa shape index (κ2) is 7.31. The topological polar surface area (TPSA) is 54.5 Å². The number of thiazole rings is 1. The van der Waals surface area contributed by atoms with Gasteiger partial charge < -0.3 is 15.0 Å². The first kappa shape index (κ1) is 16.3. The highest BCUT2D eigenvalue weighted by Gasteiger charge is 2.12. The van der Waals surface area contributed by atoms with Gasteiger partial charge in [-0.05, 0) is 24.3 Å². The quantitative estimate of drug-likeness (QED) is 0.747. The number of hydrogen-bond donors (Lipinski definition) is 1. The zero-order valence-corrected chi connectivity index (χ0v) is 14.5. The number of carbonyl (C=O) groups excluding carboxylic acids is 1. The van der Waals surface area contributed by atoms with Gasteiger partial charge in [-0.15, -0.1) is 11.3 Å². The van der Waals surface area contributed by atoms with E-state index in [9.17, 15) is 4.79 Å². The Kier molecular flexibility index (Phi) is 4.96. The number of hydrogen-bond acceptors (Lipinski definition) is 5. The van der Waals surface area contributed by atoms with E-state index >= 15 is 0 Å². The largest absolute Gasteiger partial charge is 0.495 e. The van der Waals surface area contributed by atoms with Crippen molar-refractivity contribution >= 4 is 33.1 Å². The summed E-state index contributed by atoms with van der Waals surface area (Å²) in [6.45, 7) is 0.716. The smallest absolute Gasteiger partial charge is 0.241 e. The van der Waals surface area contributed by atoms with Gasteiger partial charge in [0.2, 0.25) is 5.91 Å². The zero-order chi connectivity index (χ0) is 16.9. The molecule has 1 heterocycles. The molecule has 0 saturated heterocycles. The Morgan fingerprint density at radius 1 is 1.21 bits per heavy atom. The van der Waals surface area contributed by atoms with Crippen LogP contribution in [-0.2, 0) is 11.3 Å². The van der Waals surface area contributed by atoms with Gasteiger partial charge in [-0.2, -0.15) is 0 Å². The lowest BCUT2D eigenvalue weighted by atomic mass is 10.3. The van der Waals surface area contributed by atoms with Crippen LogP contribution >= 0.6 is 11.3 Å². The first-order valence-corrected chi connectivity index (χ1v) is 8.44. The first-order chi connectivity index (χ1) is 11.7. The molecule has 2 aromatic carbocycles. The highest BCUT2D eigenvalue weighted by molar-refractivity contribution is 7.18. The summed E-state index contributed by atoms with van der Waals surface area (Å²) in [5.41, 5.74) is 1.78. The second-order valence-electron chi connectivity index (χ2n) is 5.38. The number of amides is 1. The SMILES string of the molecule is COc1ccccc1NCC(=O)N(C)Cc1nc2ccccc2s1. The summed E-state index contributed by atoms with van der Waals surface area (Å²) >= 11 is 1.62. The average molecular weight is 341 g/mol. The summed E-state index contributed by atoms with van der Waals surface area (Å²) in [5.74, 6) is 0.722. The van der Waals surface area contributed by atoms with Gasteiger partial charge in [0.15, 0.2) is 0 Å². The molecule has 1 N–H and O–H groups in total. The Labute approximate surface area is 144 Å². The normalized spacial score (nSPS) is 10.6. The number of likely N-dealkylation sites (N-methyl/N-ethyl adjacent to an activating group) is 1. The molecule has 0 spiro atoms. The van der Waals surface area contributed by atoms with Crippen LogP contribution in [0, 0.1) is 0 Å². The minimum Gasteiger partial charge on any atom is -0.495 e. The lowest BCUT2D eigenvalue weighted by molar-refractivity contribution is -0.128. The Morgan fingerprint density at radius 3 is 2.75 bits per heavy atom. The molecule has 0 aliphatic carbocycles. The van der Waals surface area contributed by atoms with Crippen LogP contribution in [0.5, 0.6) is 5.75 Å². The van der Waals surface area contributed by atoms with Gasteiger partial charge in [0.05, 0.1) is 36.1 Å². The zero-order valence-electron chi connectivity index (χ0n) is 13.7. The lowest BCUT2D eigenvalue weighted by Crippen LogP contribution is -2.31. The standard InChI is InChI=1S/C18H19N3O2S/c1-21(12-17-20-14-8-4-6-10-16(14)24-17)18(22)11-19-13-7-3-5-9-15(13)23-2/h3-10,19H,11-12H2,1-2H3. The van der Waals surface area contributed by atoms with Crippen LogP contribution < -0.4 is 10.1 Å². The molecule has 0 bridgehead atoms. The van der Waals surface area contributed by atoms with Crippen molar-refractivity contribution in [1.29, 1.82) is 0 Å². The maximum atomic E-state index is 12.3. The first-order valence-electron chi connectivity index (χ1n) is 7.62.